The fourth-order valence-corrected chi connectivity index (χ4v) is 2.08. The van der Waals surface area contributed by atoms with Crippen molar-refractivity contribution in [3.63, 3.8) is 0 Å². The molecule has 0 spiro atoms. The van der Waals surface area contributed by atoms with E-state index < -0.39 is 0 Å². The minimum Gasteiger partial charge on any atom is -0.467 e. The SMILES string of the molecule is O=C(CCNc1nc(Cl)nc2nc[nH]c12)NCc1ccco1. The topological polar surface area (TPSA) is 109 Å². The van der Waals surface area contributed by atoms with Gasteiger partial charge in [-0.2, -0.15) is 9.97 Å². The first-order chi connectivity index (χ1) is 10.7. The minimum absolute atomic E-state index is 0.0927. The lowest BCUT2D eigenvalue weighted by molar-refractivity contribution is -0.121. The van der Waals surface area contributed by atoms with Crippen molar-refractivity contribution in [2.45, 2.75) is 13.0 Å². The molecule has 9 heteroatoms. The third-order valence-corrected chi connectivity index (χ3v) is 3.11. The number of amides is 1. The van der Waals surface area contributed by atoms with Crippen LogP contribution in [0.3, 0.4) is 0 Å². The smallest absolute Gasteiger partial charge is 0.226 e. The minimum atomic E-state index is -0.0927. The summed E-state index contributed by atoms with van der Waals surface area (Å²) in [6.45, 7) is 0.779. The zero-order chi connectivity index (χ0) is 15.4. The van der Waals surface area contributed by atoms with Gasteiger partial charge in [0.25, 0.3) is 0 Å². The monoisotopic (exact) mass is 320 g/mol. The van der Waals surface area contributed by atoms with Crippen LogP contribution in [0.5, 0.6) is 0 Å². The van der Waals surface area contributed by atoms with Crippen LogP contribution in [0.2, 0.25) is 5.28 Å². The van der Waals surface area contributed by atoms with Gasteiger partial charge in [0, 0.05) is 13.0 Å². The van der Waals surface area contributed by atoms with Crippen LogP contribution in [0.25, 0.3) is 11.2 Å². The predicted octanol–water partition coefficient (Wildman–Crippen LogP) is 1.72. The Morgan fingerprint density at radius 2 is 2.32 bits per heavy atom. The van der Waals surface area contributed by atoms with Crippen LogP contribution in [0.1, 0.15) is 12.2 Å². The molecule has 0 atom stereocenters. The van der Waals surface area contributed by atoms with Crippen molar-refractivity contribution < 1.29 is 9.21 Å². The van der Waals surface area contributed by atoms with Gasteiger partial charge in [0.05, 0.1) is 19.1 Å². The fraction of sp³-hybridized carbons (Fsp3) is 0.231. The second kappa shape index (κ2) is 6.44. The quantitative estimate of drug-likeness (QED) is 0.597. The molecular weight excluding hydrogens is 308 g/mol. The second-order valence-electron chi connectivity index (χ2n) is 4.48. The number of hydrogen-bond acceptors (Lipinski definition) is 6. The van der Waals surface area contributed by atoms with Gasteiger partial charge in [0.1, 0.15) is 11.3 Å². The molecule has 0 unspecified atom stereocenters. The van der Waals surface area contributed by atoms with E-state index in [-0.39, 0.29) is 17.6 Å². The number of nitrogens with one attached hydrogen (secondary N) is 3. The number of nitrogens with zero attached hydrogens (tertiary/aromatic N) is 3. The number of furan rings is 1. The first kappa shape index (κ1) is 14.3. The normalized spacial score (nSPS) is 10.8. The Bertz CT molecular complexity index is 770. The summed E-state index contributed by atoms with van der Waals surface area (Å²) in [5.41, 5.74) is 1.13. The van der Waals surface area contributed by atoms with Crippen LogP contribution in [0.15, 0.2) is 29.1 Å². The largest absolute Gasteiger partial charge is 0.467 e. The fourth-order valence-electron chi connectivity index (χ4n) is 1.92. The van der Waals surface area contributed by atoms with Crippen molar-refractivity contribution in [3.8, 4) is 0 Å². The van der Waals surface area contributed by atoms with E-state index in [4.69, 9.17) is 16.0 Å². The number of anilines is 1. The van der Waals surface area contributed by atoms with Gasteiger partial charge >= 0.3 is 0 Å². The maximum Gasteiger partial charge on any atom is 0.226 e. The van der Waals surface area contributed by atoms with Gasteiger partial charge in [-0.1, -0.05) is 0 Å². The van der Waals surface area contributed by atoms with E-state index in [2.05, 4.69) is 30.6 Å². The molecule has 0 aliphatic carbocycles. The van der Waals surface area contributed by atoms with E-state index >= 15 is 0 Å². The van der Waals surface area contributed by atoms with Crippen molar-refractivity contribution >= 4 is 34.5 Å². The molecule has 0 saturated carbocycles. The number of H-pyrrole nitrogens is 1. The molecule has 114 valence electrons. The van der Waals surface area contributed by atoms with Crippen LogP contribution in [-0.4, -0.2) is 32.4 Å². The third-order valence-electron chi connectivity index (χ3n) is 2.94. The number of aromatic amines is 1. The molecule has 3 N–H and O–H groups in total. The Balaban J connectivity index is 1.51. The zero-order valence-corrected chi connectivity index (χ0v) is 12.2. The molecule has 22 heavy (non-hydrogen) atoms. The Hall–Kier alpha value is -2.61. The molecule has 0 radical (unpaired) electrons. The van der Waals surface area contributed by atoms with Crippen LogP contribution in [0, 0.1) is 0 Å². The van der Waals surface area contributed by atoms with Gasteiger partial charge in [-0.25, -0.2) is 4.98 Å². The van der Waals surface area contributed by atoms with E-state index in [1.807, 2.05) is 0 Å². The summed E-state index contributed by atoms with van der Waals surface area (Å²) in [6, 6.07) is 3.58. The Morgan fingerprint density at radius 3 is 3.14 bits per heavy atom. The summed E-state index contributed by atoms with van der Waals surface area (Å²) in [4.78, 5) is 26.7. The van der Waals surface area contributed by atoms with E-state index in [0.717, 1.165) is 0 Å². The highest BCUT2D eigenvalue weighted by Gasteiger charge is 2.09. The number of aromatic nitrogens is 4. The lowest BCUT2D eigenvalue weighted by Crippen LogP contribution is -2.24. The van der Waals surface area contributed by atoms with E-state index in [0.29, 0.717) is 35.8 Å². The second-order valence-corrected chi connectivity index (χ2v) is 4.81. The van der Waals surface area contributed by atoms with E-state index in [9.17, 15) is 4.79 Å². The molecule has 0 aliphatic heterocycles. The number of carbonyl (C=O) groups is 1. The highest BCUT2D eigenvalue weighted by atomic mass is 35.5. The number of halogens is 1. The zero-order valence-electron chi connectivity index (χ0n) is 11.5. The molecule has 3 aromatic rings. The first-order valence-corrected chi connectivity index (χ1v) is 7.00. The Morgan fingerprint density at radius 1 is 1.41 bits per heavy atom. The molecule has 1 amide bonds. The van der Waals surface area contributed by atoms with Gasteiger partial charge in [0.15, 0.2) is 11.5 Å². The summed E-state index contributed by atoms with van der Waals surface area (Å²) in [7, 11) is 0. The van der Waals surface area contributed by atoms with Crippen molar-refractivity contribution in [3.05, 3.63) is 35.8 Å². The molecule has 3 heterocycles. The molecule has 0 fully saturated rings. The molecule has 3 rings (SSSR count). The lowest BCUT2D eigenvalue weighted by Gasteiger charge is -2.07. The average molecular weight is 321 g/mol. The third kappa shape index (κ3) is 3.34. The summed E-state index contributed by atoms with van der Waals surface area (Å²) >= 11 is 5.82. The molecule has 0 aliphatic rings. The van der Waals surface area contributed by atoms with Crippen molar-refractivity contribution in [2.75, 3.05) is 11.9 Å². The van der Waals surface area contributed by atoms with Crippen LogP contribution >= 0.6 is 11.6 Å². The number of hydrogen-bond donors (Lipinski definition) is 3. The van der Waals surface area contributed by atoms with Gasteiger partial charge in [-0.05, 0) is 23.7 Å². The number of rotatable bonds is 6. The summed E-state index contributed by atoms with van der Waals surface area (Å²) in [5.74, 6) is 1.14. The molecule has 3 aromatic heterocycles. The maximum absolute atomic E-state index is 11.7. The molecule has 8 nitrogen and oxygen atoms in total. The van der Waals surface area contributed by atoms with Crippen molar-refractivity contribution in [1.82, 2.24) is 25.3 Å². The highest BCUT2D eigenvalue weighted by molar-refractivity contribution is 6.28. The average Bonchev–Trinajstić information content (AvgIpc) is 3.15. The molecule has 0 aromatic carbocycles. The van der Waals surface area contributed by atoms with Gasteiger partial charge in [-0.3, -0.25) is 4.79 Å². The highest BCUT2D eigenvalue weighted by Crippen LogP contribution is 2.18. The first-order valence-electron chi connectivity index (χ1n) is 6.62. The van der Waals surface area contributed by atoms with Crippen LogP contribution < -0.4 is 10.6 Å². The molecule has 0 saturated heterocycles. The molecular formula is C13H13ClN6O2. The Labute approximate surface area is 130 Å². The number of fused-ring (bicyclic) bond motifs is 1. The lowest BCUT2D eigenvalue weighted by atomic mass is 10.3. The summed E-state index contributed by atoms with van der Waals surface area (Å²) in [5, 5.41) is 5.91. The summed E-state index contributed by atoms with van der Waals surface area (Å²) < 4.78 is 5.14. The number of carbonyl (C=O) groups excluding carboxylic acids is 1. The number of imidazole rings is 1. The standard InChI is InChI=1S/C13H13ClN6O2/c14-13-19-11(10-12(20-13)18-7-17-10)15-4-3-9(21)16-6-8-2-1-5-22-8/h1-2,5,7H,3-4,6H2,(H,16,21)(H2,15,17,18,19,20). The predicted molar refractivity (Wildman–Crippen MR) is 80.4 cm³/mol. The van der Waals surface area contributed by atoms with Crippen molar-refractivity contribution in [1.29, 1.82) is 0 Å². The maximum atomic E-state index is 11.7. The van der Waals surface area contributed by atoms with Crippen molar-refractivity contribution in [2.24, 2.45) is 0 Å². The van der Waals surface area contributed by atoms with Crippen LogP contribution in [-0.2, 0) is 11.3 Å². The van der Waals surface area contributed by atoms with Gasteiger partial charge in [0.2, 0.25) is 11.2 Å². The van der Waals surface area contributed by atoms with Gasteiger partial charge < -0.3 is 20.0 Å². The molecule has 0 bridgehead atoms. The van der Waals surface area contributed by atoms with Gasteiger partial charge in [-0.15, -0.1) is 0 Å². The van der Waals surface area contributed by atoms with E-state index in [1.54, 1.807) is 18.4 Å². The summed E-state index contributed by atoms with van der Waals surface area (Å²) in [6.07, 6.45) is 3.37. The van der Waals surface area contributed by atoms with E-state index in [1.165, 1.54) is 6.33 Å². The van der Waals surface area contributed by atoms with Crippen LogP contribution in [0.4, 0.5) is 5.82 Å². The Kier molecular flexibility index (Phi) is 4.19.